The summed E-state index contributed by atoms with van der Waals surface area (Å²) in [7, 11) is 0. The Kier molecular flexibility index (Phi) is 3.44. The average Bonchev–Trinajstić information content (AvgIpc) is 3.22. The zero-order valence-electron chi connectivity index (χ0n) is 12.0. The second kappa shape index (κ2) is 5.28. The first kappa shape index (κ1) is 13.0. The number of rotatable bonds is 3. The van der Waals surface area contributed by atoms with Gasteiger partial charge in [0.05, 0.1) is 0 Å². The fraction of sp³-hybridized carbons (Fsp3) is 0.800. The van der Waals surface area contributed by atoms with Crippen molar-refractivity contribution < 1.29 is 0 Å². The highest BCUT2D eigenvalue weighted by Gasteiger charge is 2.41. The number of thiazole rings is 1. The number of nitrogens with zero attached hydrogens (tertiary/aromatic N) is 3. The summed E-state index contributed by atoms with van der Waals surface area (Å²) in [6.45, 7) is 4.91. The molecule has 2 aliphatic heterocycles. The summed E-state index contributed by atoms with van der Waals surface area (Å²) >= 11 is 1.64. The van der Waals surface area contributed by atoms with Gasteiger partial charge in [-0.2, -0.15) is 0 Å². The third-order valence-corrected chi connectivity index (χ3v) is 5.97. The Bertz CT molecular complexity index is 470. The van der Waals surface area contributed by atoms with Crippen molar-refractivity contribution in [1.82, 2.24) is 14.8 Å². The minimum absolute atomic E-state index is 0.701. The monoisotopic (exact) mass is 292 g/mol. The number of nitrogens with two attached hydrogens (primary N) is 1. The maximum absolute atomic E-state index is 5.73. The van der Waals surface area contributed by atoms with Gasteiger partial charge < -0.3 is 5.73 Å². The number of likely N-dealkylation sites (tertiary alicyclic amines) is 2. The highest BCUT2D eigenvalue weighted by molar-refractivity contribution is 7.15. The van der Waals surface area contributed by atoms with Gasteiger partial charge in [-0.15, -0.1) is 11.3 Å². The van der Waals surface area contributed by atoms with Crippen molar-refractivity contribution in [2.75, 3.05) is 25.4 Å². The summed E-state index contributed by atoms with van der Waals surface area (Å²) in [5, 5.41) is 0.701. The molecule has 0 aromatic carbocycles. The van der Waals surface area contributed by atoms with E-state index in [1.54, 1.807) is 11.3 Å². The highest BCUT2D eigenvalue weighted by Crippen LogP contribution is 2.38. The van der Waals surface area contributed by atoms with Crippen molar-refractivity contribution in [1.29, 1.82) is 0 Å². The average molecular weight is 292 g/mol. The van der Waals surface area contributed by atoms with Gasteiger partial charge in [-0.3, -0.25) is 9.80 Å². The van der Waals surface area contributed by atoms with E-state index in [1.807, 2.05) is 6.20 Å². The first-order valence-corrected chi connectivity index (χ1v) is 8.79. The van der Waals surface area contributed by atoms with Crippen LogP contribution in [0.3, 0.4) is 0 Å². The SMILES string of the molecule is Nc1ncc(CN2CCC3C(CCCN3C3CC3)C2)s1. The Labute approximate surface area is 125 Å². The molecule has 2 N–H and O–H groups in total. The second-order valence-corrected chi connectivity index (χ2v) is 7.77. The van der Waals surface area contributed by atoms with Gasteiger partial charge in [0.1, 0.15) is 0 Å². The summed E-state index contributed by atoms with van der Waals surface area (Å²) in [6, 6.07) is 1.81. The van der Waals surface area contributed by atoms with E-state index < -0.39 is 0 Å². The molecule has 0 spiro atoms. The predicted octanol–water partition coefficient (Wildman–Crippen LogP) is 2.17. The molecular weight excluding hydrogens is 268 g/mol. The molecule has 3 fully saturated rings. The Hall–Kier alpha value is -0.650. The molecule has 20 heavy (non-hydrogen) atoms. The molecule has 4 rings (SSSR count). The van der Waals surface area contributed by atoms with Crippen LogP contribution in [0.2, 0.25) is 0 Å². The van der Waals surface area contributed by atoms with Gasteiger partial charge in [-0.05, 0) is 44.6 Å². The fourth-order valence-electron chi connectivity index (χ4n) is 4.14. The van der Waals surface area contributed by atoms with Crippen molar-refractivity contribution >= 4 is 16.5 Å². The predicted molar refractivity (Wildman–Crippen MR) is 82.7 cm³/mol. The molecule has 1 aromatic heterocycles. The van der Waals surface area contributed by atoms with Crippen molar-refractivity contribution in [3.05, 3.63) is 11.1 Å². The van der Waals surface area contributed by atoms with E-state index in [9.17, 15) is 0 Å². The summed E-state index contributed by atoms with van der Waals surface area (Å²) in [6.07, 6.45) is 9.04. The Morgan fingerprint density at radius 3 is 2.90 bits per heavy atom. The Balaban J connectivity index is 1.39. The molecule has 2 unspecified atom stereocenters. The smallest absolute Gasteiger partial charge is 0.180 e. The van der Waals surface area contributed by atoms with E-state index >= 15 is 0 Å². The summed E-state index contributed by atoms with van der Waals surface area (Å²) in [5.41, 5.74) is 5.73. The first-order chi connectivity index (χ1) is 9.79. The van der Waals surface area contributed by atoms with Gasteiger partial charge in [-0.1, -0.05) is 0 Å². The normalized spacial score (nSPS) is 32.2. The molecule has 3 aliphatic rings. The van der Waals surface area contributed by atoms with Crippen LogP contribution in [0.15, 0.2) is 6.20 Å². The van der Waals surface area contributed by atoms with E-state index in [0.717, 1.165) is 24.5 Å². The Morgan fingerprint density at radius 1 is 1.25 bits per heavy atom. The summed E-state index contributed by atoms with van der Waals surface area (Å²) in [5.74, 6) is 0.892. The van der Waals surface area contributed by atoms with Gasteiger partial charge in [0.25, 0.3) is 0 Å². The number of aromatic nitrogens is 1. The van der Waals surface area contributed by atoms with E-state index in [-0.39, 0.29) is 0 Å². The van der Waals surface area contributed by atoms with Crippen LogP contribution in [0.25, 0.3) is 0 Å². The quantitative estimate of drug-likeness (QED) is 0.927. The molecule has 0 bridgehead atoms. The molecule has 1 aromatic rings. The van der Waals surface area contributed by atoms with Crippen LogP contribution in [0, 0.1) is 5.92 Å². The number of piperidine rings is 2. The van der Waals surface area contributed by atoms with E-state index in [2.05, 4.69) is 14.8 Å². The number of fused-ring (bicyclic) bond motifs is 1. The standard InChI is InChI=1S/C15H24N4S/c16-15-17-8-13(20-15)10-18-7-5-14-11(9-18)2-1-6-19(14)12-3-4-12/h8,11-12,14H,1-7,9-10H2,(H2,16,17). The second-order valence-electron chi connectivity index (χ2n) is 6.63. The minimum atomic E-state index is 0.701. The number of hydrogen-bond acceptors (Lipinski definition) is 5. The van der Waals surface area contributed by atoms with Gasteiger partial charge in [0.15, 0.2) is 5.13 Å². The molecular formula is C15H24N4S. The van der Waals surface area contributed by atoms with Crippen LogP contribution in [-0.4, -0.2) is 46.5 Å². The zero-order chi connectivity index (χ0) is 13.5. The van der Waals surface area contributed by atoms with Crippen molar-refractivity contribution in [2.24, 2.45) is 5.92 Å². The fourth-order valence-corrected chi connectivity index (χ4v) is 4.86. The largest absolute Gasteiger partial charge is 0.375 e. The number of hydrogen-bond donors (Lipinski definition) is 1. The van der Waals surface area contributed by atoms with Gasteiger partial charge in [0.2, 0.25) is 0 Å². The first-order valence-electron chi connectivity index (χ1n) is 7.98. The molecule has 1 aliphatic carbocycles. The van der Waals surface area contributed by atoms with Gasteiger partial charge in [0, 0.05) is 42.8 Å². The maximum atomic E-state index is 5.73. The lowest BCUT2D eigenvalue weighted by Gasteiger charge is -2.47. The summed E-state index contributed by atoms with van der Waals surface area (Å²) < 4.78 is 0. The maximum Gasteiger partial charge on any atom is 0.180 e. The Morgan fingerprint density at radius 2 is 2.15 bits per heavy atom. The third-order valence-electron chi connectivity index (χ3n) is 5.16. The molecule has 1 saturated carbocycles. The van der Waals surface area contributed by atoms with Gasteiger partial charge in [-0.25, -0.2) is 4.98 Å². The lowest BCUT2D eigenvalue weighted by Crippen LogP contribution is -2.54. The minimum Gasteiger partial charge on any atom is -0.375 e. The topological polar surface area (TPSA) is 45.4 Å². The number of nitrogen functional groups attached to an aromatic ring is 1. The van der Waals surface area contributed by atoms with Crippen LogP contribution >= 0.6 is 11.3 Å². The highest BCUT2D eigenvalue weighted by atomic mass is 32.1. The molecule has 2 atom stereocenters. The molecule has 5 heteroatoms. The van der Waals surface area contributed by atoms with Crippen LogP contribution in [0.1, 0.15) is 37.0 Å². The van der Waals surface area contributed by atoms with Crippen molar-refractivity contribution in [3.8, 4) is 0 Å². The van der Waals surface area contributed by atoms with Crippen LogP contribution in [0.5, 0.6) is 0 Å². The molecule has 0 amide bonds. The van der Waals surface area contributed by atoms with Crippen molar-refractivity contribution in [2.45, 2.75) is 50.7 Å². The van der Waals surface area contributed by atoms with Gasteiger partial charge >= 0.3 is 0 Å². The van der Waals surface area contributed by atoms with Crippen LogP contribution < -0.4 is 5.73 Å². The molecule has 3 heterocycles. The van der Waals surface area contributed by atoms with E-state index in [1.165, 1.54) is 56.6 Å². The lowest BCUT2D eigenvalue weighted by molar-refractivity contribution is 0.0157. The van der Waals surface area contributed by atoms with E-state index in [0.29, 0.717) is 5.13 Å². The molecule has 0 radical (unpaired) electrons. The zero-order valence-corrected chi connectivity index (χ0v) is 12.8. The van der Waals surface area contributed by atoms with Crippen molar-refractivity contribution in [3.63, 3.8) is 0 Å². The molecule has 110 valence electrons. The molecule has 2 saturated heterocycles. The summed E-state index contributed by atoms with van der Waals surface area (Å²) in [4.78, 5) is 10.9. The molecule has 4 nitrogen and oxygen atoms in total. The third kappa shape index (κ3) is 2.59. The van der Waals surface area contributed by atoms with E-state index in [4.69, 9.17) is 5.73 Å². The number of anilines is 1. The lowest BCUT2D eigenvalue weighted by atomic mass is 9.83. The van der Waals surface area contributed by atoms with Crippen LogP contribution in [0.4, 0.5) is 5.13 Å². The van der Waals surface area contributed by atoms with Crippen LogP contribution in [-0.2, 0) is 6.54 Å².